The van der Waals surface area contributed by atoms with E-state index in [1.807, 2.05) is 26.0 Å². The summed E-state index contributed by atoms with van der Waals surface area (Å²) in [6, 6.07) is 5.44. The number of anilines is 2. The van der Waals surface area contributed by atoms with E-state index in [1.165, 1.54) is 0 Å². The van der Waals surface area contributed by atoms with Crippen LogP contribution in [0.2, 0.25) is 0 Å². The highest BCUT2D eigenvalue weighted by molar-refractivity contribution is 8.15. The van der Waals surface area contributed by atoms with Gasteiger partial charge in [-0.2, -0.15) is 0 Å². The van der Waals surface area contributed by atoms with Crippen LogP contribution >= 0.6 is 23.1 Å². The van der Waals surface area contributed by atoms with E-state index in [1.54, 1.807) is 11.4 Å². The van der Waals surface area contributed by atoms with Crippen LogP contribution in [0.3, 0.4) is 0 Å². The summed E-state index contributed by atoms with van der Waals surface area (Å²) in [5, 5.41) is 11.9. The minimum absolute atomic E-state index is 0.176. The lowest BCUT2D eigenvalue weighted by molar-refractivity contribution is -0.136. The van der Waals surface area contributed by atoms with E-state index in [4.69, 9.17) is 5.11 Å². The molecule has 0 spiro atoms. The molecule has 0 radical (unpaired) electrons. The molecule has 1 aliphatic heterocycles. The Bertz CT molecular complexity index is 972. The molecular formula is C18H17N3O5S2. The number of hydrogen-bond donors (Lipinski definition) is 2. The molecule has 0 saturated carbocycles. The van der Waals surface area contributed by atoms with Crippen molar-refractivity contribution >= 4 is 56.9 Å². The Kier molecular flexibility index (Phi) is 5.80. The van der Waals surface area contributed by atoms with Crippen LogP contribution < -0.4 is 10.2 Å². The van der Waals surface area contributed by atoms with Gasteiger partial charge in [0, 0.05) is 11.8 Å². The number of hydrogen-bond acceptors (Lipinski definition) is 7. The van der Waals surface area contributed by atoms with Crippen LogP contribution in [0.4, 0.5) is 15.6 Å². The molecule has 3 rings (SSSR count). The molecule has 1 atom stereocenters. The Morgan fingerprint density at radius 2 is 2.04 bits per heavy atom. The van der Waals surface area contributed by atoms with Crippen molar-refractivity contribution in [1.29, 1.82) is 0 Å². The standard InChI is InChI=1S/C18H17N3O5S2/c1-9-3-4-12(10(2)5-9)21-16(25)13(28-18(21)26)7-14(22)20-17-19-11(8-27-17)6-15(23)24/h3-5,8,13H,6-7H2,1-2H3,(H,23,24)(H,19,20,22). The summed E-state index contributed by atoms with van der Waals surface area (Å²) >= 11 is 1.93. The number of imide groups is 1. The average Bonchev–Trinajstić information content (AvgIpc) is 3.12. The van der Waals surface area contributed by atoms with Gasteiger partial charge in [0.15, 0.2) is 5.13 Å². The van der Waals surface area contributed by atoms with Crippen molar-refractivity contribution in [2.45, 2.75) is 31.9 Å². The molecule has 10 heteroatoms. The smallest absolute Gasteiger partial charge is 0.309 e. The predicted molar refractivity (Wildman–Crippen MR) is 107 cm³/mol. The number of rotatable bonds is 6. The fourth-order valence-electron chi connectivity index (χ4n) is 2.80. The Labute approximate surface area is 169 Å². The van der Waals surface area contributed by atoms with Crippen molar-refractivity contribution in [2.75, 3.05) is 10.2 Å². The van der Waals surface area contributed by atoms with E-state index in [0.717, 1.165) is 39.1 Å². The number of amides is 3. The van der Waals surface area contributed by atoms with Crippen molar-refractivity contribution in [1.82, 2.24) is 4.98 Å². The van der Waals surface area contributed by atoms with Gasteiger partial charge >= 0.3 is 5.97 Å². The van der Waals surface area contributed by atoms with E-state index in [9.17, 15) is 19.2 Å². The van der Waals surface area contributed by atoms with Gasteiger partial charge in [0.05, 0.1) is 17.8 Å². The largest absolute Gasteiger partial charge is 0.481 e. The first-order valence-electron chi connectivity index (χ1n) is 8.32. The van der Waals surface area contributed by atoms with Crippen LogP contribution in [0.1, 0.15) is 23.2 Å². The van der Waals surface area contributed by atoms with E-state index < -0.39 is 28.3 Å². The number of carbonyl (C=O) groups excluding carboxylic acids is 3. The molecule has 2 heterocycles. The number of nitrogens with zero attached hydrogens (tertiary/aromatic N) is 2. The molecule has 8 nitrogen and oxygen atoms in total. The number of benzene rings is 1. The molecule has 3 amide bonds. The van der Waals surface area contributed by atoms with Crippen molar-refractivity contribution in [3.05, 3.63) is 40.4 Å². The molecule has 1 aromatic carbocycles. The van der Waals surface area contributed by atoms with Crippen LogP contribution in [0, 0.1) is 13.8 Å². The summed E-state index contributed by atoms with van der Waals surface area (Å²) in [5.41, 5.74) is 2.69. The fourth-order valence-corrected chi connectivity index (χ4v) is 4.50. The topological polar surface area (TPSA) is 117 Å². The third-order valence-electron chi connectivity index (χ3n) is 4.02. The Morgan fingerprint density at radius 1 is 1.29 bits per heavy atom. The van der Waals surface area contributed by atoms with Crippen LogP contribution in [0.5, 0.6) is 0 Å². The minimum atomic E-state index is -1.01. The number of nitrogens with one attached hydrogen (secondary N) is 1. The number of aliphatic carboxylic acids is 1. The van der Waals surface area contributed by atoms with E-state index in [-0.39, 0.29) is 18.0 Å². The second-order valence-electron chi connectivity index (χ2n) is 6.30. The predicted octanol–water partition coefficient (Wildman–Crippen LogP) is 2.98. The number of thioether (sulfide) groups is 1. The van der Waals surface area contributed by atoms with Crippen molar-refractivity contribution in [3.8, 4) is 0 Å². The number of carboxylic acids is 1. The average molecular weight is 419 g/mol. The first-order chi connectivity index (χ1) is 13.2. The maximum Gasteiger partial charge on any atom is 0.309 e. The zero-order chi connectivity index (χ0) is 20.4. The summed E-state index contributed by atoms with van der Waals surface area (Å²) in [5.74, 6) is -1.90. The van der Waals surface area contributed by atoms with Crippen molar-refractivity contribution in [3.63, 3.8) is 0 Å². The molecule has 1 saturated heterocycles. The van der Waals surface area contributed by atoms with Crippen LogP contribution in [0.25, 0.3) is 0 Å². The zero-order valence-electron chi connectivity index (χ0n) is 15.1. The third-order valence-corrected chi connectivity index (χ3v) is 5.86. The van der Waals surface area contributed by atoms with Gasteiger partial charge in [0.25, 0.3) is 5.24 Å². The molecular weight excluding hydrogens is 402 g/mol. The van der Waals surface area contributed by atoms with Gasteiger partial charge in [-0.1, -0.05) is 17.7 Å². The van der Waals surface area contributed by atoms with Gasteiger partial charge in [-0.05, 0) is 37.2 Å². The summed E-state index contributed by atoms with van der Waals surface area (Å²) in [4.78, 5) is 53.1. The molecule has 1 aliphatic rings. The second kappa shape index (κ2) is 8.11. The van der Waals surface area contributed by atoms with Gasteiger partial charge in [-0.3, -0.25) is 19.2 Å². The van der Waals surface area contributed by atoms with E-state index in [2.05, 4.69) is 10.3 Å². The lowest BCUT2D eigenvalue weighted by Crippen LogP contribution is -2.33. The Morgan fingerprint density at radius 3 is 2.71 bits per heavy atom. The highest BCUT2D eigenvalue weighted by atomic mass is 32.2. The lowest BCUT2D eigenvalue weighted by atomic mass is 10.1. The quantitative estimate of drug-likeness (QED) is 0.739. The molecule has 1 aromatic heterocycles. The number of thiazole rings is 1. The Balaban J connectivity index is 1.65. The highest BCUT2D eigenvalue weighted by Crippen LogP contribution is 2.35. The monoisotopic (exact) mass is 419 g/mol. The number of aromatic nitrogens is 1. The van der Waals surface area contributed by atoms with Crippen molar-refractivity contribution < 1.29 is 24.3 Å². The summed E-state index contributed by atoms with van der Waals surface area (Å²) in [6.07, 6.45) is -0.410. The first-order valence-corrected chi connectivity index (χ1v) is 10.1. The van der Waals surface area contributed by atoms with E-state index >= 15 is 0 Å². The molecule has 2 aromatic rings. The van der Waals surface area contributed by atoms with Crippen LogP contribution in [-0.4, -0.2) is 38.4 Å². The Hall–Kier alpha value is -2.72. The van der Waals surface area contributed by atoms with Crippen molar-refractivity contribution in [2.24, 2.45) is 0 Å². The zero-order valence-corrected chi connectivity index (χ0v) is 16.7. The summed E-state index contributed by atoms with van der Waals surface area (Å²) in [6.45, 7) is 3.75. The summed E-state index contributed by atoms with van der Waals surface area (Å²) in [7, 11) is 0. The van der Waals surface area contributed by atoms with Crippen LogP contribution in [0.15, 0.2) is 23.6 Å². The highest BCUT2D eigenvalue weighted by Gasteiger charge is 2.42. The molecule has 2 N–H and O–H groups in total. The molecule has 146 valence electrons. The lowest BCUT2D eigenvalue weighted by Gasteiger charge is -2.16. The summed E-state index contributed by atoms with van der Waals surface area (Å²) < 4.78 is 0. The van der Waals surface area contributed by atoms with Gasteiger partial charge in [0.2, 0.25) is 11.8 Å². The van der Waals surface area contributed by atoms with Gasteiger partial charge in [-0.25, -0.2) is 9.88 Å². The molecule has 28 heavy (non-hydrogen) atoms. The second-order valence-corrected chi connectivity index (χ2v) is 8.31. The fraction of sp³-hybridized carbons (Fsp3) is 0.278. The number of aryl methyl sites for hydroxylation is 2. The van der Waals surface area contributed by atoms with E-state index in [0.29, 0.717) is 11.4 Å². The molecule has 1 fully saturated rings. The van der Waals surface area contributed by atoms with Gasteiger partial charge in [-0.15, -0.1) is 11.3 Å². The van der Waals surface area contributed by atoms with Gasteiger partial charge < -0.3 is 10.4 Å². The normalized spacial score (nSPS) is 16.5. The van der Waals surface area contributed by atoms with Crippen LogP contribution in [-0.2, 0) is 20.8 Å². The molecule has 0 bridgehead atoms. The third kappa shape index (κ3) is 4.39. The first kappa shape index (κ1) is 20.0. The minimum Gasteiger partial charge on any atom is -0.481 e. The maximum atomic E-state index is 12.7. The molecule has 0 aliphatic carbocycles. The maximum absolute atomic E-state index is 12.7. The molecule has 1 unspecified atom stereocenters. The van der Waals surface area contributed by atoms with Gasteiger partial charge in [0.1, 0.15) is 5.25 Å². The number of carboxylic acid groups (broad SMARTS) is 1. The SMILES string of the molecule is Cc1ccc(N2C(=O)SC(CC(=O)Nc3nc(CC(=O)O)cs3)C2=O)c(C)c1. The number of carbonyl (C=O) groups is 4.